The first-order valence-electron chi connectivity index (χ1n) is 7.46. The number of hydrogen-bond donors (Lipinski definition) is 0. The predicted octanol–water partition coefficient (Wildman–Crippen LogP) is 1.74. The molecule has 2 aromatic rings. The van der Waals surface area contributed by atoms with Crippen LogP contribution >= 0.6 is 0 Å². The fraction of sp³-hybridized carbons (Fsp3) is 0.438. The number of benzene rings is 1. The normalized spacial score (nSPS) is 17.6. The summed E-state index contributed by atoms with van der Waals surface area (Å²) in [6.07, 6.45) is 1.02. The minimum atomic E-state index is -0.370. The highest BCUT2D eigenvalue weighted by atomic mass is 16.5. The maximum Gasteiger partial charge on any atom is 0.337 e. The molecular formula is C16H19N3O4. The SMILES string of the molecule is COC(=O)c1ccc(-c2noc(CN(C)[C@H]3CCOC3)n2)cc1. The van der Waals surface area contributed by atoms with E-state index in [1.165, 1.54) is 7.11 Å². The van der Waals surface area contributed by atoms with E-state index in [1.807, 2.05) is 7.05 Å². The standard InChI is InChI=1S/C16H19N3O4/c1-19(13-7-8-22-10-13)9-14-17-15(18-23-14)11-3-5-12(6-4-11)16(20)21-2/h3-6,13H,7-10H2,1-2H3/t13-/m0/s1. The molecule has 0 bridgehead atoms. The molecule has 2 heterocycles. The van der Waals surface area contributed by atoms with Crippen LogP contribution in [0.4, 0.5) is 0 Å². The van der Waals surface area contributed by atoms with E-state index in [-0.39, 0.29) is 5.97 Å². The van der Waals surface area contributed by atoms with Crippen LogP contribution in [0.25, 0.3) is 11.4 Å². The number of likely N-dealkylation sites (N-methyl/N-ethyl adjacent to an activating group) is 1. The van der Waals surface area contributed by atoms with E-state index in [2.05, 4.69) is 19.8 Å². The van der Waals surface area contributed by atoms with Crippen LogP contribution in [0.5, 0.6) is 0 Å². The van der Waals surface area contributed by atoms with E-state index < -0.39 is 0 Å². The molecule has 23 heavy (non-hydrogen) atoms. The minimum Gasteiger partial charge on any atom is -0.465 e. The van der Waals surface area contributed by atoms with Crippen LogP contribution in [-0.4, -0.2) is 54.4 Å². The van der Waals surface area contributed by atoms with Crippen molar-refractivity contribution in [3.05, 3.63) is 35.7 Å². The number of carbonyl (C=O) groups excluding carboxylic acids is 1. The number of methoxy groups -OCH3 is 1. The molecule has 1 atom stereocenters. The molecule has 0 aliphatic carbocycles. The Labute approximate surface area is 134 Å². The lowest BCUT2D eigenvalue weighted by molar-refractivity contribution is 0.0601. The Morgan fingerprint density at radius 2 is 2.17 bits per heavy atom. The van der Waals surface area contributed by atoms with E-state index in [1.54, 1.807) is 24.3 Å². The van der Waals surface area contributed by atoms with Crippen LogP contribution in [-0.2, 0) is 16.0 Å². The number of aromatic nitrogens is 2. The molecule has 1 aliphatic heterocycles. The summed E-state index contributed by atoms with van der Waals surface area (Å²) in [5, 5.41) is 4.00. The van der Waals surface area contributed by atoms with Crippen molar-refractivity contribution in [2.24, 2.45) is 0 Å². The molecule has 0 spiro atoms. The zero-order chi connectivity index (χ0) is 16.2. The quantitative estimate of drug-likeness (QED) is 0.777. The summed E-state index contributed by atoms with van der Waals surface area (Å²) in [4.78, 5) is 18.0. The number of carbonyl (C=O) groups is 1. The Hall–Kier alpha value is -2.25. The second-order valence-electron chi connectivity index (χ2n) is 5.51. The maximum absolute atomic E-state index is 11.4. The minimum absolute atomic E-state index is 0.370. The molecule has 1 saturated heterocycles. The molecule has 3 rings (SSSR count). The van der Waals surface area contributed by atoms with Gasteiger partial charge in [0.2, 0.25) is 11.7 Å². The molecule has 0 radical (unpaired) electrons. The van der Waals surface area contributed by atoms with Gasteiger partial charge in [0, 0.05) is 18.2 Å². The summed E-state index contributed by atoms with van der Waals surface area (Å²) in [7, 11) is 3.38. The van der Waals surface area contributed by atoms with Gasteiger partial charge in [-0.05, 0) is 25.6 Å². The molecule has 0 saturated carbocycles. The third-order valence-corrected chi connectivity index (χ3v) is 3.95. The van der Waals surface area contributed by atoms with Gasteiger partial charge >= 0.3 is 5.97 Å². The van der Waals surface area contributed by atoms with Gasteiger partial charge in [0.15, 0.2) is 0 Å². The molecule has 122 valence electrons. The second kappa shape index (κ2) is 6.89. The lowest BCUT2D eigenvalue weighted by atomic mass is 10.1. The largest absolute Gasteiger partial charge is 0.465 e. The number of ether oxygens (including phenoxy) is 2. The highest BCUT2D eigenvalue weighted by molar-refractivity contribution is 5.89. The van der Waals surface area contributed by atoms with Gasteiger partial charge in [-0.2, -0.15) is 4.98 Å². The Balaban J connectivity index is 1.67. The average Bonchev–Trinajstić information content (AvgIpc) is 3.26. The molecule has 1 aromatic heterocycles. The topological polar surface area (TPSA) is 77.7 Å². The van der Waals surface area contributed by atoms with Gasteiger partial charge < -0.3 is 14.0 Å². The van der Waals surface area contributed by atoms with Gasteiger partial charge in [-0.1, -0.05) is 17.3 Å². The van der Waals surface area contributed by atoms with Crippen molar-refractivity contribution in [2.75, 3.05) is 27.4 Å². The third kappa shape index (κ3) is 3.57. The first kappa shape index (κ1) is 15.6. The Morgan fingerprint density at radius 3 is 2.83 bits per heavy atom. The van der Waals surface area contributed by atoms with Crippen LogP contribution in [0, 0.1) is 0 Å². The zero-order valence-electron chi connectivity index (χ0n) is 13.2. The maximum atomic E-state index is 11.4. The summed E-state index contributed by atoms with van der Waals surface area (Å²) in [5.41, 5.74) is 1.28. The van der Waals surface area contributed by atoms with Crippen molar-refractivity contribution in [2.45, 2.75) is 19.0 Å². The van der Waals surface area contributed by atoms with Crippen LogP contribution in [0.1, 0.15) is 22.7 Å². The van der Waals surface area contributed by atoms with Crippen LogP contribution in [0.3, 0.4) is 0 Å². The summed E-state index contributed by atoms with van der Waals surface area (Å²) >= 11 is 0. The fourth-order valence-electron chi connectivity index (χ4n) is 2.52. The second-order valence-corrected chi connectivity index (χ2v) is 5.51. The first-order valence-corrected chi connectivity index (χ1v) is 7.46. The molecule has 1 aromatic carbocycles. The van der Waals surface area contributed by atoms with E-state index in [9.17, 15) is 4.79 Å². The first-order chi connectivity index (χ1) is 11.2. The zero-order valence-corrected chi connectivity index (χ0v) is 13.2. The van der Waals surface area contributed by atoms with Crippen molar-refractivity contribution in [3.63, 3.8) is 0 Å². The van der Waals surface area contributed by atoms with Crippen molar-refractivity contribution in [1.82, 2.24) is 15.0 Å². The van der Waals surface area contributed by atoms with Gasteiger partial charge in [-0.25, -0.2) is 4.79 Å². The van der Waals surface area contributed by atoms with Crippen molar-refractivity contribution >= 4 is 5.97 Å². The van der Waals surface area contributed by atoms with Crippen LogP contribution < -0.4 is 0 Å². The predicted molar refractivity (Wildman–Crippen MR) is 81.8 cm³/mol. The van der Waals surface area contributed by atoms with Crippen molar-refractivity contribution < 1.29 is 18.8 Å². The van der Waals surface area contributed by atoms with Gasteiger partial charge in [-0.3, -0.25) is 4.90 Å². The summed E-state index contributed by atoms with van der Waals surface area (Å²) in [5.74, 6) is 0.699. The highest BCUT2D eigenvalue weighted by Crippen LogP contribution is 2.19. The van der Waals surface area contributed by atoms with Crippen molar-refractivity contribution in [3.8, 4) is 11.4 Å². The molecular weight excluding hydrogens is 298 g/mol. The molecule has 1 aliphatic rings. The summed E-state index contributed by atoms with van der Waals surface area (Å²) in [6, 6.07) is 7.30. The monoisotopic (exact) mass is 317 g/mol. The smallest absolute Gasteiger partial charge is 0.337 e. The molecule has 7 nitrogen and oxygen atoms in total. The molecule has 0 N–H and O–H groups in total. The average molecular weight is 317 g/mol. The van der Waals surface area contributed by atoms with Crippen LogP contribution in [0.15, 0.2) is 28.8 Å². The lowest BCUT2D eigenvalue weighted by Crippen LogP contribution is -2.31. The van der Waals surface area contributed by atoms with Gasteiger partial charge in [-0.15, -0.1) is 0 Å². The Kier molecular flexibility index (Phi) is 4.68. The van der Waals surface area contributed by atoms with Gasteiger partial charge in [0.25, 0.3) is 0 Å². The molecule has 0 unspecified atom stereocenters. The summed E-state index contributed by atoms with van der Waals surface area (Å²) in [6.45, 7) is 2.13. The fourth-order valence-corrected chi connectivity index (χ4v) is 2.52. The van der Waals surface area contributed by atoms with Gasteiger partial charge in [0.05, 0.1) is 25.8 Å². The highest BCUT2D eigenvalue weighted by Gasteiger charge is 2.22. The molecule has 0 amide bonds. The molecule has 7 heteroatoms. The third-order valence-electron chi connectivity index (χ3n) is 3.95. The van der Waals surface area contributed by atoms with Crippen LogP contribution in [0.2, 0.25) is 0 Å². The van der Waals surface area contributed by atoms with E-state index >= 15 is 0 Å². The number of esters is 1. The van der Waals surface area contributed by atoms with E-state index in [0.717, 1.165) is 25.2 Å². The number of nitrogens with zero attached hydrogens (tertiary/aromatic N) is 3. The lowest BCUT2D eigenvalue weighted by Gasteiger charge is -2.20. The Bertz CT molecular complexity index is 662. The van der Waals surface area contributed by atoms with E-state index in [4.69, 9.17) is 9.26 Å². The molecule has 1 fully saturated rings. The number of rotatable bonds is 5. The van der Waals surface area contributed by atoms with Gasteiger partial charge in [0.1, 0.15) is 0 Å². The van der Waals surface area contributed by atoms with E-state index in [0.29, 0.717) is 29.9 Å². The number of hydrogen-bond acceptors (Lipinski definition) is 7. The van der Waals surface area contributed by atoms with Crippen molar-refractivity contribution in [1.29, 1.82) is 0 Å². The summed E-state index contributed by atoms with van der Waals surface area (Å²) < 4.78 is 15.4. The Morgan fingerprint density at radius 1 is 1.39 bits per heavy atom.